The molecule has 0 amide bonds. The van der Waals surface area contributed by atoms with Gasteiger partial charge in [-0.1, -0.05) is 24.3 Å². The smallest absolute Gasteiger partial charge is 0.321 e. The Labute approximate surface area is 121 Å². The zero-order valence-corrected chi connectivity index (χ0v) is 11.5. The highest BCUT2D eigenvalue weighted by molar-refractivity contribution is 5.82. The molecule has 1 saturated carbocycles. The van der Waals surface area contributed by atoms with E-state index in [0.717, 1.165) is 16.5 Å². The number of fused-ring (bicyclic) bond motifs is 1. The van der Waals surface area contributed by atoms with Crippen molar-refractivity contribution in [1.29, 1.82) is 0 Å². The van der Waals surface area contributed by atoms with Gasteiger partial charge in [0.2, 0.25) is 0 Å². The summed E-state index contributed by atoms with van der Waals surface area (Å²) in [6, 6.07) is 9.51. The number of para-hydroxylation sites is 1. The van der Waals surface area contributed by atoms with E-state index in [0.29, 0.717) is 12.8 Å². The second kappa shape index (κ2) is 4.98. The van der Waals surface area contributed by atoms with Gasteiger partial charge in [0, 0.05) is 17.1 Å². The van der Waals surface area contributed by atoms with Crippen molar-refractivity contribution in [3.63, 3.8) is 0 Å². The molecule has 2 N–H and O–H groups in total. The average Bonchev–Trinajstić information content (AvgIpc) is 2.46. The summed E-state index contributed by atoms with van der Waals surface area (Å²) in [7, 11) is 0. The molecule has 2 aromatic rings. The predicted octanol–water partition coefficient (Wildman–Crippen LogP) is 4.14. The average molecular weight is 294 g/mol. The van der Waals surface area contributed by atoms with Crippen LogP contribution in [-0.4, -0.2) is 11.2 Å². The minimum Gasteiger partial charge on any atom is -0.321 e. The number of alkyl halides is 3. The van der Waals surface area contributed by atoms with Crippen molar-refractivity contribution in [3.8, 4) is 0 Å². The normalized spacial score (nSPS) is 27.0. The van der Waals surface area contributed by atoms with Gasteiger partial charge in [0.1, 0.15) is 0 Å². The van der Waals surface area contributed by atoms with Crippen molar-refractivity contribution in [1.82, 2.24) is 4.98 Å². The Bertz CT molecular complexity index is 638. The summed E-state index contributed by atoms with van der Waals surface area (Å²) in [6.45, 7) is 0. The quantitative estimate of drug-likeness (QED) is 0.858. The van der Waals surface area contributed by atoms with E-state index in [2.05, 4.69) is 4.98 Å². The van der Waals surface area contributed by atoms with Crippen molar-refractivity contribution >= 4 is 10.9 Å². The molecule has 5 heteroatoms. The number of hydrogen-bond donors (Lipinski definition) is 1. The second-order valence-electron chi connectivity index (χ2n) is 5.85. The van der Waals surface area contributed by atoms with Crippen LogP contribution in [-0.2, 0) is 5.54 Å². The summed E-state index contributed by atoms with van der Waals surface area (Å²) in [4.78, 5) is 4.37. The zero-order chi connectivity index (χ0) is 15.1. The van der Waals surface area contributed by atoms with Crippen molar-refractivity contribution in [2.45, 2.75) is 37.4 Å². The highest BCUT2D eigenvalue weighted by Crippen LogP contribution is 2.44. The van der Waals surface area contributed by atoms with E-state index in [9.17, 15) is 13.2 Å². The molecule has 0 radical (unpaired) electrons. The molecule has 0 bridgehead atoms. The minimum atomic E-state index is -4.11. The number of aromatic nitrogens is 1. The summed E-state index contributed by atoms with van der Waals surface area (Å²) >= 11 is 0. The lowest BCUT2D eigenvalue weighted by molar-refractivity contribution is -0.184. The molecule has 2 nitrogen and oxygen atoms in total. The van der Waals surface area contributed by atoms with Crippen molar-refractivity contribution in [2.75, 3.05) is 0 Å². The molecule has 112 valence electrons. The van der Waals surface area contributed by atoms with E-state index in [4.69, 9.17) is 5.73 Å². The highest BCUT2D eigenvalue weighted by Gasteiger charge is 2.45. The van der Waals surface area contributed by atoms with Crippen LogP contribution < -0.4 is 5.73 Å². The maximum absolute atomic E-state index is 12.8. The van der Waals surface area contributed by atoms with Crippen LogP contribution in [0, 0.1) is 5.92 Å². The van der Waals surface area contributed by atoms with Crippen molar-refractivity contribution in [2.24, 2.45) is 11.7 Å². The highest BCUT2D eigenvalue weighted by atomic mass is 19.4. The van der Waals surface area contributed by atoms with Gasteiger partial charge in [0.05, 0.1) is 11.4 Å². The number of benzene rings is 1. The molecule has 0 aliphatic heterocycles. The Morgan fingerprint density at radius 2 is 1.76 bits per heavy atom. The van der Waals surface area contributed by atoms with Gasteiger partial charge in [0.15, 0.2) is 0 Å². The van der Waals surface area contributed by atoms with E-state index in [1.165, 1.54) is 0 Å². The summed E-state index contributed by atoms with van der Waals surface area (Å²) in [6.07, 6.45) is -1.57. The topological polar surface area (TPSA) is 38.9 Å². The maximum atomic E-state index is 12.8. The Morgan fingerprint density at radius 3 is 2.43 bits per heavy atom. The monoisotopic (exact) mass is 294 g/mol. The van der Waals surface area contributed by atoms with Gasteiger partial charge in [-0.2, -0.15) is 13.2 Å². The Hall–Kier alpha value is -1.62. The van der Waals surface area contributed by atoms with E-state index in [-0.39, 0.29) is 12.8 Å². The summed E-state index contributed by atoms with van der Waals surface area (Å²) in [5.41, 5.74) is 7.39. The van der Waals surface area contributed by atoms with Crippen LogP contribution in [0.2, 0.25) is 0 Å². The molecular formula is C16H17F3N2. The van der Waals surface area contributed by atoms with E-state index >= 15 is 0 Å². The number of pyridine rings is 1. The number of nitrogens with two attached hydrogens (primary N) is 1. The number of rotatable bonds is 1. The number of nitrogens with zero attached hydrogens (tertiary/aromatic N) is 1. The lowest BCUT2D eigenvalue weighted by Crippen LogP contribution is -2.43. The van der Waals surface area contributed by atoms with Crippen LogP contribution in [0.1, 0.15) is 31.2 Å². The molecule has 1 fully saturated rings. The molecule has 0 saturated heterocycles. The van der Waals surface area contributed by atoms with Gasteiger partial charge >= 0.3 is 6.18 Å². The first kappa shape index (κ1) is 14.3. The van der Waals surface area contributed by atoms with E-state index in [1.54, 1.807) is 6.20 Å². The molecule has 3 rings (SSSR count). The third-order valence-electron chi connectivity index (χ3n) is 4.51. The fourth-order valence-corrected chi connectivity index (χ4v) is 3.24. The van der Waals surface area contributed by atoms with Crippen LogP contribution in [0.4, 0.5) is 13.2 Å². The molecule has 1 aromatic heterocycles. The minimum absolute atomic E-state index is 0.0865. The van der Waals surface area contributed by atoms with E-state index < -0.39 is 17.6 Å². The third-order valence-corrected chi connectivity index (χ3v) is 4.51. The first-order valence-corrected chi connectivity index (χ1v) is 7.10. The molecule has 1 aliphatic carbocycles. The molecule has 1 aromatic carbocycles. The molecule has 1 aliphatic rings. The van der Waals surface area contributed by atoms with E-state index in [1.807, 2.05) is 30.3 Å². The molecule has 0 atom stereocenters. The molecule has 0 spiro atoms. The molecule has 1 heterocycles. The van der Waals surface area contributed by atoms with Crippen molar-refractivity contribution < 1.29 is 13.2 Å². The molecule has 0 unspecified atom stereocenters. The van der Waals surface area contributed by atoms with Gasteiger partial charge < -0.3 is 5.73 Å². The Balaban J connectivity index is 1.93. The van der Waals surface area contributed by atoms with Crippen LogP contribution in [0.5, 0.6) is 0 Å². The summed E-state index contributed by atoms with van der Waals surface area (Å²) < 4.78 is 38.4. The van der Waals surface area contributed by atoms with Crippen LogP contribution in [0.15, 0.2) is 36.5 Å². The fourth-order valence-electron chi connectivity index (χ4n) is 3.24. The van der Waals surface area contributed by atoms with Gasteiger partial charge in [-0.15, -0.1) is 0 Å². The number of hydrogen-bond acceptors (Lipinski definition) is 2. The maximum Gasteiger partial charge on any atom is 0.391 e. The molecule has 21 heavy (non-hydrogen) atoms. The van der Waals surface area contributed by atoms with Gasteiger partial charge in [-0.3, -0.25) is 4.98 Å². The van der Waals surface area contributed by atoms with Crippen LogP contribution in [0.25, 0.3) is 10.9 Å². The predicted molar refractivity (Wildman–Crippen MR) is 75.6 cm³/mol. The third kappa shape index (κ3) is 2.62. The van der Waals surface area contributed by atoms with Crippen LogP contribution >= 0.6 is 0 Å². The lowest BCUT2D eigenvalue weighted by atomic mass is 9.72. The summed E-state index contributed by atoms with van der Waals surface area (Å²) in [5.74, 6) is -1.22. The first-order valence-electron chi connectivity index (χ1n) is 7.10. The van der Waals surface area contributed by atoms with Crippen molar-refractivity contribution in [3.05, 3.63) is 42.1 Å². The van der Waals surface area contributed by atoms with Crippen LogP contribution in [0.3, 0.4) is 0 Å². The van der Waals surface area contributed by atoms with Gasteiger partial charge in [-0.05, 0) is 37.3 Å². The van der Waals surface area contributed by atoms with Gasteiger partial charge in [-0.25, -0.2) is 0 Å². The second-order valence-corrected chi connectivity index (χ2v) is 5.85. The number of halogens is 3. The van der Waals surface area contributed by atoms with Gasteiger partial charge in [0.25, 0.3) is 0 Å². The standard InChI is InChI=1S/C16H17F3N2/c17-16(18,19)12-6-8-15(20,9-7-12)13-5-1-3-11-4-2-10-21-14(11)13/h1-5,10,12H,6-9,20H2. The summed E-state index contributed by atoms with van der Waals surface area (Å²) in [5, 5.41) is 0.970. The largest absolute Gasteiger partial charge is 0.391 e. The Kier molecular flexibility index (Phi) is 3.40. The first-order chi connectivity index (χ1) is 9.90. The zero-order valence-electron chi connectivity index (χ0n) is 11.5. The SMILES string of the molecule is NC1(c2cccc3cccnc23)CCC(C(F)(F)F)CC1. The fraction of sp³-hybridized carbons (Fsp3) is 0.438. The molecular weight excluding hydrogens is 277 g/mol. The Morgan fingerprint density at radius 1 is 1.10 bits per heavy atom. The lowest BCUT2D eigenvalue weighted by Gasteiger charge is -2.38.